The predicted molar refractivity (Wildman–Crippen MR) is 82.1 cm³/mol. The SMILES string of the molecule is CNc1cc(N(C)CCN(C)C)nc(C(C)(C)C)n1. The molecular weight excluding hydrogens is 238 g/mol. The van der Waals surface area contributed by atoms with Gasteiger partial charge in [0.25, 0.3) is 0 Å². The molecule has 108 valence electrons. The highest BCUT2D eigenvalue weighted by Crippen LogP contribution is 2.23. The van der Waals surface area contributed by atoms with Gasteiger partial charge in [0.2, 0.25) is 0 Å². The van der Waals surface area contributed by atoms with Crippen molar-refractivity contribution < 1.29 is 0 Å². The zero-order valence-corrected chi connectivity index (χ0v) is 13.3. The molecule has 1 rings (SSSR count). The fraction of sp³-hybridized carbons (Fsp3) is 0.714. The van der Waals surface area contributed by atoms with E-state index in [2.05, 4.69) is 67.0 Å². The van der Waals surface area contributed by atoms with E-state index in [1.54, 1.807) is 0 Å². The smallest absolute Gasteiger partial charge is 0.138 e. The van der Waals surface area contributed by atoms with Crippen molar-refractivity contribution in [1.29, 1.82) is 0 Å². The summed E-state index contributed by atoms with van der Waals surface area (Å²) in [6.45, 7) is 8.33. The molecular formula is C14H27N5. The number of rotatable bonds is 5. The van der Waals surface area contributed by atoms with Crippen LogP contribution in [-0.2, 0) is 5.41 Å². The second-order valence-corrected chi connectivity index (χ2v) is 6.16. The first-order chi connectivity index (χ1) is 8.74. The van der Waals surface area contributed by atoms with Crippen LogP contribution in [0.3, 0.4) is 0 Å². The minimum Gasteiger partial charge on any atom is -0.373 e. The van der Waals surface area contributed by atoms with Gasteiger partial charge < -0.3 is 15.1 Å². The summed E-state index contributed by atoms with van der Waals surface area (Å²) in [7, 11) is 8.11. The van der Waals surface area contributed by atoms with Gasteiger partial charge in [-0.15, -0.1) is 0 Å². The maximum absolute atomic E-state index is 4.69. The maximum Gasteiger partial charge on any atom is 0.138 e. The molecule has 1 aromatic rings. The van der Waals surface area contributed by atoms with E-state index in [4.69, 9.17) is 0 Å². The molecule has 1 aromatic heterocycles. The Balaban J connectivity index is 2.99. The van der Waals surface area contributed by atoms with Crippen molar-refractivity contribution in [1.82, 2.24) is 14.9 Å². The zero-order valence-electron chi connectivity index (χ0n) is 13.3. The number of anilines is 2. The van der Waals surface area contributed by atoms with Crippen LogP contribution in [-0.4, -0.2) is 56.1 Å². The Bertz CT molecular complexity index is 409. The first-order valence-electron chi connectivity index (χ1n) is 6.67. The van der Waals surface area contributed by atoms with Crippen LogP contribution in [0.2, 0.25) is 0 Å². The monoisotopic (exact) mass is 265 g/mol. The van der Waals surface area contributed by atoms with E-state index >= 15 is 0 Å². The van der Waals surface area contributed by atoms with Crippen LogP contribution in [0, 0.1) is 0 Å². The summed E-state index contributed by atoms with van der Waals surface area (Å²) >= 11 is 0. The first kappa shape index (κ1) is 15.7. The Labute approximate surface area is 117 Å². The first-order valence-corrected chi connectivity index (χ1v) is 6.67. The fourth-order valence-electron chi connectivity index (χ4n) is 1.56. The normalized spacial score (nSPS) is 11.8. The van der Waals surface area contributed by atoms with Gasteiger partial charge in [-0.2, -0.15) is 0 Å². The lowest BCUT2D eigenvalue weighted by atomic mass is 9.96. The molecule has 0 atom stereocenters. The topological polar surface area (TPSA) is 44.3 Å². The molecule has 0 saturated carbocycles. The summed E-state index contributed by atoms with van der Waals surface area (Å²) in [6.07, 6.45) is 0. The average molecular weight is 265 g/mol. The highest BCUT2D eigenvalue weighted by atomic mass is 15.2. The third-order valence-corrected chi connectivity index (χ3v) is 2.91. The van der Waals surface area contributed by atoms with Gasteiger partial charge in [-0.05, 0) is 14.1 Å². The lowest BCUT2D eigenvalue weighted by Gasteiger charge is -2.24. The number of hydrogen-bond acceptors (Lipinski definition) is 5. The van der Waals surface area contributed by atoms with Crippen molar-refractivity contribution in [3.8, 4) is 0 Å². The molecule has 5 nitrogen and oxygen atoms in total. The molecule has 0 saturated heterocycles. The molecule has 0 aliphatic heterocycles. The molecule has 0 spiro atoms. The lowest BCUT2D eigenvalue weighted by Crippen LogP contribution is -2.30. The molecule has 0 aliphatic rings. The van der Waals surface area contributed by atoms with Crippen molar-refractivity contribution >= 4 is 11.6 Å². The Morgan fingerprint density at radius 2 is 1.74 bits per heavy atom. The average Bonchev–Trinajstić information content (AvgIpc) is 2.34. The molecule has 0 aliphatic carbocycles. The summed E-state index contributed by atoms with van der Waals surface area (Å²) in [6, 6.07) is 1.99. The second-order valence-electron chi connectivity index (χ2n) is 6.16. The molecule has 0 amide bonds. The summed E-state index contributed by atoms with van der Waals surface area (Å²) in [5, 5.41) is 3.11. The Hall–Kier alpha value is -1.36. The van der Waals surface area contributed by atoms with Gasteiger partial charge in [0.15, 0.2) is 0 Å². The summed E-state index contributed by atoms with van der Waals surface area (Å²) in [5.41, 5.74) is -0.0516. The number of aromatic nitrogens is 2. The second kappa shape index (κ2) is 6.19. The number of likely N-dealkylation sites (N-methyl/N-ethyl adjacent to an activating group) is 2. The van der Waals surface area contributed by atoms with E-state index in [1.165, 1.54) is 0 Å². The highest BCUT2D eigenvalue weighted by molar-refractivity contribution is 5.49. The van der Waals surface area contributed by atoms with E-state index in [1.807, 2.05) is 13.1 Å². The van der Waals surface area contributed by atoms with Crippen LogP contribution in [0.4, 0.5) is 11.6 Å². The van der Waals surface area contributed by atoms with Gasteiger partial charge in [0.05, 0.1) is 0 Å². The predicted octanol–water partition coefficient (Wildman–Crippen LogP) is 1.81. The summed E-state index contributed by atoms with van der Waals surface area (Å²) in [5.74, 6) is 2.70. The van der Waals surface area contributed by atoms with Crippen molar-refractivity contribution in [2.75, 3.05) is 51.5 Å². The van der Waals surface area contributed by atoms with E-state index in [9.17, 15) is 0 Å². The largest absolute Gasteiger partial charge is 0.373 e. The van der Waals surface area contributed by atoms with E-state index in [-0.39, 0.29) is 5.41 Å². The fourth-order valence-corrected chi connectivity index (χ4v) is 1.56. The molecule has 0 radical (unpaired) electrons. The van der Waals surface area contributed by atoms with Gasteiger partial charge >= 0.3 is 0 Å². The standard InChI is InChI=1S/C14H27N5/c1-14(2,3)13-16-11(15-4)10-12(17-13)19(7)9-8-18(5)6/h10H,8-9H2,1-7H3,(H,15,16,17). The van der Waals surface area contributed by atoms with E-state index < -0.39 is 0 Å². The number of nitrogens with zero attached hydrogens (tertiary/aromatic N) is 4. The van der Waals surface area contributed by atoms with Crippen LogP contribution in [0.15, 0.2) is 6.07 Å². The van der Waals surface area contributed by atoms with E-state index in [0.29, 0.717) is 0 Å². The molecule has 1 N–H and O–H groups in total. The van der Waals surface area contributed by atoms with Crippen LogP contribution >= 0.6 is 0 Å². The van der Waals surface area contributed by atoms with Crippen molar-refractivity contribution in [2.45, 2.75) is 26.2 Å². The molecule has 1 heterocycles. The summed E-state index contributed by atoms with van der Waals surface area (Å²) < 4.78 is 0. The molecule has 0 bridgehead atoms. The van der Waals surface area contributed by atoms with Crippen molar-refractivity contribution in [3.63, 3.8) is 0 Å². The molecule has 0 aromatic carbocycles. The molecule has 0 fully saturated rings. The third-order valence-electron chi connectivity index (χ3n) is 2.91. The highest BCUT2D eigenvalue weighted by Gasteiger charge is 2.19. The third kappa shape index (κ3) is 4.67. The Morgan fingerprint density at radius 3 is 2.21 bits per heavy atom. The Morgan fingerprint density at radius 1 is 1.11 bits per heavy atom. The maximum atomic E-state index is 4.69. The number of nitrogens with one attached hydrogen (secondary N) is 1. The number of hydrogen-bond donors (Lipinski definition) is 1. The molecule has 19 heavy (non-hydrogen) atoms. The van der Waals surface area contributed by atoms with Crippen LogP contribution in [0.1, 0.15) is 26.6 Å². The Kier molecular flexibility index (Phi) is 5.11. The van der Waals surface area contributed by atoms with Crippen LogP contribution in [0.25, 0.3) is 0 Å². The van der Waals surface area contributed by atoms with Crippen molar-refractivity contribution in [3.05, 3.63) is 11.9 Å². The molecule has 0 unspecified atom stereocenters. The van der Waals surface area contributed by atoms with Crippen LogP contribution < -0.4 is 10.2 Å². The van der Waals surface area contributed by atoms with Gasteiger partial charge in [-0.3, -0.25) is 0 Å². The van der Waals surface area contributed by atoms with E-state index in [0.717, 1.165) is 30.5 Å². The lowest BCUT2D eigenvalue weighted by molar-refractivity contribution is 0.416. The van der Waals surface area contributed by atoms with Gasteiger partial charge in [-0.1, -0.05) is 20.8 Å². The quantitative estimate of drug-likeness (QED) is 0.879. The minimum atomic E-state index is -0.0516. The zero-order chi connectivity index (χ0) is 14.6. The minimum absolute atomic E-state index is 0.0516. The van der Waals surface area contributed by atoms with Gasteiger partial charge in [-0.25, -0.2) is 9.97 Å². The van der Waals surface area contributed by atoms with Crippen molar-refractivity contribution in [2.24, 2.45) is 0 Å². The van der Waals surface area contributed by atoms with Gasteiger partial charge in [0, 0.05) is 38.7 Å². The summed E-state index contributed by atoms with van der Waals surface area (Å²) in [4.78, 5) is 13.6. The van der Waals surface area contributed by atoms with Crippen LogP contribution in [0.5, 0.6) is 0 Å². The molecule has 5 heteroatoms. The van der Waals surface area contributed by atoms with Gasteiger partial charge in [0.1, 0.15) is 17.5 Å².